The lowest BCUT2D eigenvalue weighted by molar-refractivity contribution is 0.0103. The summed E-state index contributed by atoms with van der Waals surface area (Å²) in [6.45, 7) is 5.25. The molecular formula is C17H23FN2O4. The van der Waals surface area contributed by atoms with E-state index >= 15 is 0 Å². The van der Waals surface area contributed by atoms with Gasteiger partial charge in [0.25, 0.3) is 0 Å². The van der Waals surface area contributed by atoms with Gasteiger partial charge >= 0.3 is 6.09 Å². The van der Waals surface area contributed by atoms with Crippen molar-refractivity contribution < 1.29 is 24.1 Å². The Kier molecular flexibility index (Phi) is 7.14. The Morgan fingerprint density at radius 2 is 2.08 bits per heavy atom. The molecular weight excluding hydrogens is 315 g/mol. The van der Waals surface area contributed by atoms with E-state index in [1.165, 1.54) is 12.1 Å². The topological polar surface area (TPSA) is 103 Å². The van der Waals surface area contributed by atoms with Crippen LogP contribution in [-0.4, -0.2) is 34.6 Å². The van der Waals surface area contributed by atoms with Gasteiger partial charge in [-0.1, -0.05) is 12.1 Å². The van der Waals surface area contributed by atoms with Crippen molar-refractivity contribution >= 4 is 6.09 Å². The van der Waals surface area contributed by atoms with Crippen LogP contribution in [0.5, 0.6) is 0 Å². The molecule has 0 heterocycles. The van der Waals surface area contributed by atoms with Crippen LogP contribution in [0.3, 0.4) is 0 Å². The number of hydrogen-bond acceptors (Lipinski definition) is 5. The maximum absolute atomic E-state index is 14.0. The Bertz CT molecular complexity index is 608. The zero-order valence-electron chi connectivity index (χ0n) is 14.0. The maximum Gasteiger partial charge on any atom is 0.407 e. The number of hydrogen-bond donors (Lipinski definition) is 3. The normalized spacial score (nSPS) is 13.7. The van der Waals surface area contributed by atoms with Gasteiger partial charge in [-0.05, 0) is 38.8 Å². The average Bonchev–Trinajstić information content (AvgIpc) is 2.45. The summed E-state index contributed by atoms with van der Waals surface area (Å²) in [4.78, 5) is 11.5. The van der Waals surface area contributed by atoms with E-state index in [2.05, 4.69) is 5.32 Å². The minimum absolute atomic E-state index is 0.0276. The second-order valence-electron chi connectivity index (χ2n) is 6.42. The number of halogens is 1. The fraction of sp³-hybridized carbons (Fsp3) is 0.529. The third-order valence-corrected chi connectivity index (χ3v) is 3.14. The molecule has 1 aromatic rings. The van der Waals surface area contributed by atoms with Crippen molar-refractivity contribution in [3.63, 3.8) is 0 Å². The molecule has 0 saturated carbocycles. The zero-order chi connectivity index (χ0) is 18.3. The number of amides is 1. The summed E-state index contributed by atoms with van der Waals surface area (Å²) in [5, 5.41) is 31.0. The van der Waals surface area contributed by atoms with Crippen molar-refractivity contribution in [2.45, 2.75) is 51.4 Å². The molecule has 132 valence electrons. The summed E-state index contributed by atoms with van der Waals surface area (Å²) in [6, 6.07) is 5.94. The van der Waals surface area contributed by atoms with Crippen molar-refractivity contribution in [3.8, 4) is 6.07 Å². The monoisotopic (exact) mass is 338 g/mol. The minimum Gasteiger partial charge on any atom is -0.444 e. The van der Waals surface area contributed by atoms with Crippen LogP contribution in [0.4, 0.5) is 9.18 Å². The molecule has 0 radical (unpaired) electrons. The van der Waals surface area contributed by atoms with E-state index < -0.39 is 29.7 Å². The molecule has 2 unspecified atom stereocenters. The predicted molar refractivity (Wildman–Crippen MR) is 85.5 cm³/mol. The maximum atomic E-state index is 14.0. The largest absolute Gasteiger partial charge is 0.444 e. The zero-order valence-corrected chi connectivity index (χ0v) is 14.0. The number of carbonyl (C=O) groups excluding carboxylic acids is 1. The highest BCUT2D eigenvalue weighted by Crippen LogP contribution is 2.23. The van der Waals surface area contributed by atoms with Crippen LogP contribution in [0, 0.1) is 17.1 Å². The van der Waals surface area contributed by atoms with Gasteiger partial charge in [-0.15, -0.1) is 0 Å². The van der Waals surface area contributed by atoms with Crippen molar-refractivity contribution in [2.24, 2.45) is 0 Å². The lowest BCUT2D eigenvalue weighted by Crippen LogP contribution is -2.34. The molecule has 0 aliphatic carbocycles. The SMILES string of the molecule is CC(C)(C)OC(=O)NCCC(O)C(O)c1ccc(CC#N)cc1F. The van der Waals surface area contributed by atoms with Crippen LogP contribution >= 0.6 is 0 Å². The molecule has 2 atom stereocenters. The average molecular weight is 338 g/mol. The number of alkyl carbamates (subject to hydrolysis) is 1. The first kappa shape index (κ1) is 19.9. The summed E-state index contributed by atoms with van der Waals surface area (Å²) in [5.41, 5.74) is -0.190. The Morgan fingerprint density at radius 1 is 1.42 bits per heavy atom. The van der Waals surface area contributed by atoms with Crippen LogP contribution in [-0.2, 0) is 11.2 Å². The van der Waals surface area contributed by atoms with Gasteiger partial charge in [0, 0.05) is 12.1 Å². The molecule has 0 aliphatic heterocycles. The second kappa shape index (κ2) is 8.62. The van der Waals surface area contributed by atoms with E-state index in [-0.39, 0.29) is 24.9 Å². The predicted octanol–water partition coefficient (Wildman–Crippen LogP) is 2.20. The number of aliphatic hydroxyl groups is 2. The van der Waals surface area contributed by atoms with Gasteiger partial charge < -0.3 is 20.3 Å². The van der Waals surface area contributed by atoms with Gasteiger partial charge in [-0.2, -0.15) is 5.26 Å². The summed E-state index contributed by atoms with van der Waals surface area (Å²) >= 11 is 0. The quantitative estimate of drug-likeness (QED) is 0.738. The van der Waals surface area contributed by atoms with Crippen molar-refractivity contribution in [1.82, 2.24) is 5.32 Å². The van der Waals surface area contributed by atoms with E-state index in [1.807, 2.05) is 6.07 Å². The Labute approximate surface area is 140 Å². The molecule has 0 saturated heterocycles. The van der Waals surface area contributed by atoms with E-state index in [0.717, 1.165) is 6.07 Å². The number of rotatable bonds is 6. The third kappa shape index (κ3) is 6.52. The Hall–Kier alpha value is -2.17. The summed E-state index contributed by atoms with van der Waals surface area (Å²) in [5.74, 6) is -0.686. The Morgan fingerprint density at radius 3 is 2.62 bits per heavy atom. The molecule has 0 aliphatic rings. The van der Waals surface area contributed by atoms with Gasteiger partial charge in [0.05, 0.1) is 18.6 Å². The molecule has 0 aromatic heterocycles. The van der Waals surface area contributed by atoms with Crippen LogP contribution in [0.1, 0.15) is 44.4 Å². The lowest BCUT2D eigenvalue weighted by atomic mass is 9.99. The highest BCUT2D eigenvalue weighted by molar-refractivity contribution is 5.67. The number of nitriles is 1. The highest BCUT2D eigenvalue weighted by Gasteiger charge is 2.22. The standard InChI is InChI=1S/C17H23FN2O4/c1-17(2,3)24-16(23)20-9-7-14(21)15(22)12-5-4-11(6-8-19)10-13(12)18/h4-5,10,14-15,21-22H,6-7,9H2,1-3H3,(H,20,23). The second-order valence-corrected chi connectivity index (χ2v) is 6.42. The summed E-state index contributed by atoms with van der Waals surface area (Å²) < 4.78 is 19.0. The smallest absolute Gasteiger partial charge is 0.407 e. The first-order valence-corrected chi connectivity index (χ1v) is 7.62. The fourth-order valence-electron chi connectivity index (χ4n) is 2.01. The number of aliphatic hydroxyl groups excluding tert-OH is 2. The summed E-state index contributed by atoms with van der Waals surface area (Å²) in [6.07, 6.45) is -3.22. The number of carbonyl (C=O) groups is 1. The molecule has 24 heavy (non-hydrogen) atoms. The summed E-state index contributed by atoms with van der Waals surface area (Å²) in [7, 11) is 0. The van der Waals surface area contributed by atoms with Crippen molar-refractivity contribution in [1.29, 1.82) is 5.26 Å². The molecule has 0 fully saturated rings. The molecule has 0 bridgehead atoms. The van der Waals surface area contributed by atoms with E-state index in [9.17, 15) is 19.4 Å². The van der Waals surface area contributed by atoms with Crippen LogP contribution in [0.25, 0.3) is 0 Å². The van der Waals surface area contributed by atoms with E-state index in [0.29, 0.717) is 5.56 Å². The molecule has 6 nitrogen and oxygen atoms in total. The molecule has 1 aromatic carbocycles. The van der Waals surface area contributed by atoms with Crippen LogP contribution in [0.2, 0.25) is 0 Å². The molecule has 1 amide bonds. The van der Waals surface area contributed by atoms with Gasteiger partial charge in [-0.25, -0.2) is 9.18 Å². The van der Waals surface area contributed by atoms with Gasteiger partial charge in [0.2, 0.25) is 0 Å². The van der Waals surface area contributed by atoms with Crippen molar-refractivity contribution in [3.05, 3.63) is 35.1 Å². The third-order valence-electron chi connectivity index (χ3n) is 3.14. The number of nitrogens with one attached hydrogen (secondary N) is 1. The van der Waals surface area contributed by atoms with E-state index in [1.54, 1.807) is 20.8 Å². The first-order chi connectivity index (χ1) is 11.1. The van der Waals surface area contributed by atoms with E-state index in [4.69, 9.17) is 10.00 Å². The number of benzene rings is 1. The van der Waals surface area contributed by atoms with Crippen molar-refractivity contribution in [2.75, 3.05) is 6.54 Å². The minimum atomic E-state index is -1.43. The Balaban J connectivity index is 2.55. The lowest BCUT2D eigenvalue weighted by Gasteiger charge is -2.21. The molecule has 7 heteroatoms. The van der Waals surface area contributed by atoms with Gasteiger partial charge in [-0.3, -0.25) is 0 Å². The fourth-order valence-corrected chi connectivity index (χ4v) is 2.01. The molecule has 0 spiro atoms. The number of ether oxygens (including phenoxy) is 1. The van der Waals surface area contributed by atoms with Gasteiger partial charge in [0.1, 0.15) is 17.5 Å². The molecule has 1 rings (SSSR count). The first-order valence-electron chi connectivity index (χ1n) is 7.62. The highest BCUT2D eigenvalue weighted by atomic mass is 19.1. The van der Waals surface area contributed by atoms with Crippen LogP contribution in [0.15, 0.2) is 18.2 Å². The van der Waals surface area contributed by atoms with Crippen LogP contribution < -0.4 is 5.32 Å². The van der Waals surface area contributed by atoms with Gasteiger partial charge in [0.15, 0.2) is 0 Å². The molecule has 3 N–H and O–H groups in total. The number of nitrogens with zero attached hydrogens (tertiary/aromatic N) is 1.